The summed E-state index contributed by atoms with van der Waals surface area (Å²) >= 11 is 0. The van der Waals surface area contributed by atoms with E-state index in [2.05, 4.69) is 15.0 Å². The van der Waals surface area contributed by atoms with Crippen LogP contribution in [0.25, 0.3) is 0 Å². The fraction of sp³-hybridized carbons (Fsp3) is 0.273. The molecular weight excluding hydrogens is 220 g/mol. The first-order valence-electron chi connectivity index (χ1n) is 5.24. The van der Waals surface area contributed by atoms with Crippen molar-refractivity contribution in [3.8, 4) is 0 Å². The molecule has 0 amide bonds. The molecule has 0 aliphatic rings. The van der Waals surface area contributed by atoms with Gasteiger partial charge in [0, 0.05) is 18.6 Å². The summed E-state index contributed by atoms with van der Waals surface area (Å²) < 4.78 is 6.58. The lowest BCUT2D eigenvalue weighted by Gasteiger charge is -1.99. The first-order valence-corrected chi connectivity index (χ1v) is 5.24. The van der Waals surface area contributed by atoms with E-state index in [4.69, 9.17) is 4.74 Å². The summed E-state index contributed by atoms with van der Waals surface area (Å²) in [6.07, 6.45) is 6.52. The third-order valence-corrected chi connectivity index (χ3v) is 2.06. The van der Waals surface area contributed by atoms with E-state index in [1.54, 1.807) is 42.5 Å². The van der Waals surface area contributed by atoms with Gasteiger partial charge in [0.05, 0.1) is 19.5 Å². The van der Waals surface area contributed by atoms with Gasteiger partial charge in [0.2, 0.25) is 0 Å². The van der Waals surface area contributed by atoms with Crippen molar-refractivity contribution in [2.45, 2.75) is 13.5 Å². The number of nitrogens with zero attached hydrogens (tertiary/aromatic N) is 4. The molecule has 6 heteroatoms. The zero-order valence-electron chi connectivity index (χ0n) is 9.41. The Hall–Kier alpha value is -2.24. The predicted molar refractivity (Wildman–Crippen MR) is 59.3 cm³/mol. The average molecular weight is 232 g/mol. The van der Waals surface area contributed by atoms with Crippen molar-refractivity contribution >= 4 is 5.97 Å². The molecule has 0 unspecified atom stereocenters. The minimum absolute atomic E-state index is 0.294. The van der Waals surface area contributed by atoms with Crippen molar-refractivity contribution in [3.05, 3.63) is 42.5 Å². The summed E-state index contributed by atoms with van der Waals surface area (Å²) in [4.78, 5) is 23.5. The van der Waals surface area contributed by atoms with Crippen LogP contribution in [-0.2, 0) is 11.3 Å². The minimum atomic E-state index is -0.416. The van der Waals surface area contributed by atoms with Crippen LogP contribution >= 0.6 is 0 Å². The zero-order chi connectivity index (χ0) is 12.1. The van der Waals surface area contributed by atoms with E-state index in [1.807, 2.05) is 0 Å². The smallest absolute Gasteiger partial charge is 0.358 e. The van der Waals surface area contributed by atoms with Crippen molar-refractivity contribution in [2.24, 2.45) is 0 Å². The number of hydrogen-bond acceptors (Lipinski definition) is 5. The van der Waals surface area contributed by atoms with E-state index in [0.717, 1.165) is 0 Å². The molecule has 6 nitrogen and oxygen atoms in total. The van der Waals surface area contributed by atoms with Crippen molar-refractivity contribution in [1.82, 2.24) is 19.5 Å². The molecule has 0 spiro atoms. The predicted octanol–water partition coefficient (Wildman–Crippen LogP) is 0.898. The quantitative estimate of drug-likeness (QED) is 0.732. The first kappa shape index (κ1) is 11.3. The molecule has 0 aliphatic carbocycles. The highest BCUT2D eigenvalue weighted by molar-refractivity contribution is 5.86. The topological polar surface area (TPSA) is 69.9 Å². The fourth-order valence-electron chi connectivity index (χ4n) is 1.33. The van der Waals surface area contributed by atoms with Crippen molar-refractivity contribution in [3.63, 3.8) is 0 Å². The van der Waals surface area contributed by atoms with Gasteiger partial charge in [0.25, 0.3) is 0 Å². The molecule has 2 aromatic rings. The van der Waals surface area contributed by atoms with Gasteiger partial charge < -0.3 is 9.30 Å². The highest BCUT2D eigenvalue weighted by Crippen LogP contribution is 2.01. The fourth-order valence-corrected chi connectivity index (χ4v) is 1.33. The lowest BCUT2D eigenvalue weighted by Crippen LogP contribution is -2.05. The normalized spacial score (nSPS) is 10.2. The molecule has 2 rings (SSSR count). The number of imidazole rings is 1. The molecule has 0 N–H and O–H groups in total. The van der Waals surface area contributed by atoms with Gasteiger partial charge in [0.15, 0.2) is 5.69 Å². The Bertz CT molecular complexity index is 495. The second-order valence-corrected chi connectivity index (χ2v) is 3.32. The lowest BCUT2D eigenvalue weighted by atomic mass is 10.5. The van der Waals surface area contributed by atoms with Gasteiger partial charge in [-0.25, -0.2) is 19.7 Å². The number of carbonyl (C=O) groups is 1. The van der Waals surface area contributed by atoms with Gasteiger partial charge in [-0.2, -0.15) is 0 Å². The molecule has 2 aromatic heterocycles. The van der Waals surface area contributed by atoms with Gasteiger partial charge in [-0.1, -0.05) is 0 Å². The van der Waals surface area contributed by atoms with E-state index in [1.165, 1.54) is 0 Å². The molecule has 0 saturated carbocycles. The van der Waals surface area contributed by atoms with Gasteiger partial charge in [-0.05, 0) is 13.0 Å². The highest BCUT2D eigenvalue weighted by Gasteiger charge is 2.10. The molecular formula is C11H12N4O2. The minimum Gasteiger partial charge on any atom is -0.461 e. The molecule has 2 heterocycles. The summed E-state index contributed by atoms with van der Waals surface area (Å²) in [5, 5.41) is 0. The maximum absolute atomic E-state index is 11.4. The number of rotatable bonds is 4. The summed E-state index contributed by atoms with van der Waals surface area (Å²) in [6, 6.07) is 1.75. The van der Waals surface area contributed by atoms with Gasteiger partial charge in [-0.3, -0.25) is 0 Å². The van der Waals surface area contributed by atoms with Gasteiger partial charge in [-0.15, -0.1) is 0 Å². The summed E-state index contributed by atoms with van der Waals surface area (Å²) in [5.74, 6) is 0.250. The maximum Gasteiger partial charge on any atom is 0.358 e. The Balaban J connectivity index is 2.06. The second-order valence-electron chi connectivity index (χ2n) is 3.32. The summed E-state index contributed by atoms with van der Waals surface area (Å²) in [6.45, 7) is 2.58. The van der Waals surface area contributed by atoms with Crippen LogP contribution in [0, 0.1) is 0 Å². The van der Waals surface area contributed by atoms with Crippen LogP contribution in [0.3, 0.4) is 0 Å². The number of esters is 1. The Labute approximate surface area is 98.3 Å². The van der Waals surface area contributed by atoms with E-state index in [-0.39, 0.29) is 0 Å². The SMILES string of the molecule is CCOC(=O)c1cn(Cc2ncccn2)cn1. The Morgan fingerprint density at radius 3 is 2.82 bits per heavy atom. The molecule has 0 bridgehead atoms. The number of hydrogen-bond donors (Lipinski definition) is 0. The van der Waals surface area contributed by atoms with E-state index >= 15 is 0 Å². The van der Waals surface area contributed by atoms with Gasteiger partial charge in [0.1, 0.15) is 5.82 Å². The Morgan fingerprint density at radius 2 is 2.12 bits per heavy atom. The van der Waals surface area contributed by atoms with E-state index in [9.17, 15) is 4.79 Å². The summed E-state index contributed by atoms with van der Waals surface area (Å²) in [7, 11) is 0. The molecule has 0 radical (unpaired) electrons. The highest BCUT2D eigenvalue weighted by atomic mass is 16.5. The molecule has 17 heavy (non-hydrogen) atoms. The molecule has 0 fully saturated rings. The van der Waals surface area contributed by atoms with Crippen LogP contribution in [-0.4, -0.2) is 32.1 Å². The largest absolute Gasteiger partial charge is 0.461 e. The van der Waals surface area contributed by atoms with Crippen molar-refractivity contribution in [2.75, 3.05) is 6.61 Å². The Morgan fingerprint density at radius 1 is 1.35 bits per heavy atom. The maximum atomic E-state index is 11.4. The monoisotopic (exact) mass is 232 g/mol. The standard InChI is InChI=1S/C11H12N4O2/c1-2-17-11(16)9-6-15(8-14-9)7-10-12-4-3-5-13-10/h3-6,8H,2,7H2,1H3. The van der Waals surface area contributed by atoms with E-state index in [0.29, 0.717) is 24.7 Å². The van der Waals surface area contributed by atoms with Crippen LogP contribution in [0.5, 0.6) is 0 Å². The van der Waals surface area contributed by atoms with Crippen LogP contribution in [0.4, 0.5) is 0 Å². The third-order valence-electron chi connectivity index (χ3n) is 2.06. The first-order chi connectivity index (χ1) is 8.29. The van der Waals surface area contributed by atoms with Crippen LogP contribution in [0.2, 0.25) is 0 Å². The van der Waals surface area contributed by atoms with Crippen LogP contribution in [0.15, 0.2) is 31.0 Å². The zero-order valence-corrected chi connectivity index (χ0v) is 9.41. The molecule has 88 valence electrons. The average Bonchev–Trinajstić information content (AvgIpc) is 2.79. The van der Waals surface area contributed by atoms with Crippen LogP contribution < -0.4 is 0 Å². The molecule has 0 aromatic carbocycles. The second kappa shape index (κ2) is 5.20. The third kappa shape index (κ3) is 2.87. The lowest BCUT2D eigenvalue weighted by molar-refractivity contribution is 0.0520. The van der Waals surface area contributed by atoms with Crippen molar-refractivity contribution < 1.29 is 9.53 Å². The number of carbonyl (C=O) groups excluding carboxylic acids is 1. The summed E-state index contributed by atoms with van der Waals surface area (Å²) in [5.41, 5.74) is 0.294. The van der Waals surface area contributed by atoms with Crippen molar-refractivity contribution in [1.29, 1.82) is 0 Å². The van der Waals surface area contributed by atoms with Gasteiger partial charge >= 0.3 is 5.97 Å². The van der Waals surface area contributed by atoms with E-state index < -0.39 is 5.97 Å². The Kier molecular flexibility index (Phi) is 3.44. The molecule has 0 aliphatic heterocycles. The molecule has 0 atom stereocenters. The molecule has 0 saturated heterocycles. The van der Waals surface area contributed by atoms with Crippen LogP contribution in [0.1, 0.15) is 23.2 Å². The number of ether oxygens (including phenoxy) is 1. The number of aromatic nitrogens is 4.